The van der Waals surface area contributed by atoms with E-state index < -0.39 is 0 Å². The average Bonchev–Trinajstić information content (AvgIpc) is 2.80. The van der Waals surface area contributed by atoms with Crippen molar-refractivity contribution in [2.75, 3.05) is 44.6 Å². The van der Waals surface area contributed by atoms with Crippen LogP contribution in [0.5, 0.6) is 0 Å². The molecule has 0 bridgehead atoms. The van der Waals surface area contributed by atoms with Crippen LogP contribution in [-0.2, 0) is 11.3 Å². The van der Waals surface area contributed by atoms with E-state index in [1.807, 2.05) is 53.4 Å². The molecule has 6 nitrogen and oxygen atoms in total. The van der Waals surface area contributed by atoms with Crippen molar-refractivity contribution in [3.05, 3.63) is 65.2 Å². The molecule has 0 spiro atoms. The Kier molecular flexibility index (Phi) is 7.10. The Bertz CT molecular complexity index is 899. The fourth-order valence-corrected chi connectivity index (χ4v) is 4.58. The Morgan fingerprint density at radius 1 is 0.935 bits per heavy atom. The maximum absolute atomic E-state index is 13.1. The van der Waals surface area contributed by atoms with Gasteiger partial charge in [0.1, 0.15) is 0 Å². The molecule has 7 heteroatoms. The summed E-state index contributed by atoms with van der Waals surface area (Å²) < 4.78 is 0. The number of piperidine rings is 1. The molecule has 0 saturated carbocycles. The van der Waals surface area contributed by atoms with E-state index in [0.29, 0.717) is 13.1 Å². The van der Waals surface area contributed by atoms with E-state index in [4.69, 9.17) is 11.6 Å². The first-order chi connectivity index (χ1) is 15.1. The summed E-state index contributed by atoms with van der Waals surface area (Å²) in [5, 5.41) is 3.68. The minimum Gasteiger partial charge on any atom is -0.340 e. The van der Waals surface area contributed by atoms with E-state index >= 15 is 0 Å². The van der Waals surface area contributed by atoms with Crippen molar-refractivity contribution < 1.29 is 9.59 Å². The first-order valence-corrected chi connectivity index (χ1v) is 11.3. The lowest BCUT2D eigenvalue weighted by atomic mass is 9.96. The van der Waals surface area contributed by atoms with Crippen molar-refractivity contribution in [1.82, 2.24) is 14.7 Å². The molecule has 2 saturated heterocycles. The number of nitrogens with one attached hydrogen (secondary N) is 1. The average molecular weight is 441 g/mol. The molecule has 4 rings (SSSR count). The number of para-hydroxylation sites is 1. The zero-order valence-electron chi connectivity index (χ0n) is 17.7. The normalized spacial score (nSPS) is 19.8. The number of likely N-dealkylation sites (tertiary alicyclic amines) is 1. The minimum absolute atomic E-state index is 0.116. The molecule has 1 N–H and O–H groups in total. The molecule has 0 radical (unpaired) electrons. The lowest BCUT2D eigenvalue weighted by molar-refractivity contribution is -0.138. The lowest BCUT2D eigenvalue weighted by Gasteiger charge is -2.39. The van der Waals surface area contributed by atoms with Gasteiger partial charge in [-0.2, -0.15) is 0 Å². The highest BCUT2D eigenvalue weighted by molar-refractivity contribution is 6.30. The van der Waals surface area contributed by atoms with Gasteiger partial charge in [-0.1, -0.05) is 41.9 Å². The molecule has 2 aliphatic heterocycles. The van der Waals surface area contributed by atoms with Gasteiger partial charge in [0, 0.05) is 56.5 Å². The number of piperazine rings is 1. The number of carbonyl (C=O) groups is 2. The molecular formula is C24H29ClN4O2. The minimum atomic E-state index is -0.130. The third-order valence-corrected chi connectivity index (χ3v) is 6.30. The SMILES string of the molecule is O=C(Nc1ccccc1)N1CCCC(C(=O)N2CCN(Cc3cccc(Cl)c3)CC2)C1. The second-order valence-corrected chi connectivity index (χ2v) is 8.75. The number of hydrogen-bond acceptors (Lipinski definition) is 3. The van der Waals surface area contributed by atoms with Crippen LogP contribution >= 0.6 is 11.6 Å². The Balaban J connectivity index is 1.27. The van der Waals surface area contributed by atoms with Gasteiger partial charge in [-0.05, 0) is 42.7 Å². The van der Waals surface area contributed by atoms with Crippen LogP contribution in [0.1, 0.15) is 18.4 Å². The van der Waals surface area contributed by atoms with E-state index in [1.165, 1.54) is 5.56 Å². The third-order valence-electron chi connectivity index (χ3n) is 6.06. The molecule has 1 atom stereocenters. The van der Waals surface area contributed by atoms with Gasteiger partial charge in [0.05, 0.1) is 5.92 Å². The number of rotatable bonds is 4. The number of hydrogen-bond donors (Lipinski definition) is 1. The number of carbonyl (C=O) groups excluding carboxylic acids is 2. The van der Waals surface area contributed by atoms with E-state index in [1.54, 1.807) is 4.90 Å². The van der Waals surface area contributed by atoms with Gasteiger partial charge >= 0.3 is 6.03 Å². The largest absolute Gasteiger partial charge is 0.340 e. The molecule has 0 aromatic heterocycles. The highest BCUT2D eigenvalue weighted by Crippen LogP contribution is 2.21. The van der Waals surface area contributed by atoms with Gasteiger partial charge in [-0.3, -0.25) is 9.69 Å². The predicted octanol–water partition coefficient (Wildman–Crippen LogP) is 3.93. The van der Waals surface area contributed by atoms with Crippen LogP contribution in [0.25, 0.3) is 0 Å². The molecule has 2 heterocycles. The fourth-order valence-electron chi connectivity index (χ4n) is 4.37. The predicted molar refractivity (Wildman–Crippen MR) is 123 cm³/mol. The summed E-state index contributed by atoms with van der Waals surface area (Å²) in [5.41, 5.74) is 1.97. The van der Waals surface area contributed by atoms with Crippen LogP contribution in [0, 0.1) is 5.92 Å². The smallest absolute Gasteiger partial charge is 0.321 e. The summed E-state index contributed by atoms with van der Waals surface area (Å²) in [4.78, 5) is 31.8. The van der Waals surface area contributed by atoms with Gasteiger partial charge in [0.2, 0.25) is 5.91 Å². The molecule has 2 aromatic rings. The van der Waals surface area contributed by atoms with Gasteiger partial charge in [-0.15, -0.1) is 0 Å². The molecule has 31 heavy (non-hydrogen) atoms. The van der Waals surface area contributed by atoms with E-state index in [9.17, 15) is 9.59 Å². The van der Waals surface area contributed by atoms with Crippen LogP contribution in [-0.4, -0.2) is 65.9 Å². The summed E-state index contributed by atoms with van der Waals surface area (Å²) in [6.45, 7) is 5.18. The molecule has 0 aliphatic carbocycles. The Labute approximate surface area is 188 Å². The zero-order chi connectivity index (χ0) is 21.6. The maximum Gasteiger partial charge on any atom is 0.321 e. The van der Waals surface area contributed by atoms with Crippen LogP contribution < -0.4 is 5.32 Å². The number of urea groups is 1. The van der Waals surface area contributed by atoms with Crippen molar-refractivity contribution in [2.24, 2.45) is 5.92 Å². The third kappa shape index (κ3) is 5.77. The summed E-state index contributed by atoms with van der Waals surface area (Å²) in [6, 6.07) is 17.2. The number of amides is 3. The molecule has 3 amide bonds. The Hall–Kier alpha value is -2.57. The first-order valence-electron chi connectivity index (χ1n) is 10.9. The Morgan fingerprint density at radius 3 is 2.45 bits per heavy atom. The van der Waals surface area contributed by atoms with Crippen molar-refractivity contribution in [3.8, 4) is 0 Å². The zero-order valence-corrected chi connectivity index (χ0v) is 18.4. The maximum atomic E-state index is 13.1. The van der Waals surface area contributed by atoms with Crippen LogP contribution in [0.4, 0.5) is 10.5 Å². The molecule has 2 aromatic carbocycles. The molecule has 2 fully saturated rings. The summed E-state index contributed by atoms with van der Waals surface area (Å²) in [6.07, 6.45) is 1.70. The second-order valence-electron chi connectivity index (χ2n) is 8.31. The van der Waals surface area contributed by atoms with Gasteiger partial charge < -0.3 is 15.1 Å². The monoisotopic (exact) mass is 440 g/mol. The van der Waals surface area contributed by atoms with E-state index in [0.717, 1.165) is 56.3 Å². The number of halogens is 1. The highest BCUT2D eigenvalue weighted by Gasteiger charge is 2.32. The number of benzene rings is 2. The van der Waals surface area contributed by atoms with Crippen LogP contribution in [0.15, 0.2) is 54.6 Å². The summed E-state index contributed by atoms with van der Waals surface area (Å²) >= 11 is 6.09. The Morgan fingerprint density at radius 2 is 1.71 bits per heavy atom. The van der Waals surface area contributed by atoms with Crippen molar-refractivity contribution in [1.29, 1.82) is 0 Å². The van der Waals surface area contributed by atoms with Crippen molar-refractivity contribution in [2.45, 2.75) is 19.4 Å². The number of nitrogens with zero attached hydrogens (tertiary/aromatic N) is 3. The molecule has 2 aliphatic rings. The van der Waals surface area contributed by atoms with Gasteiger partial charge in [-0.25, -0.2) is 4.79 Å². The van der Waals surface area contributed by atoms with Crippen LogP contribution in [0.2, 0.25) is 5.02 Å². The van der Waals surface area contributed by atoms with Crippen LogP contribution in [0.3, 0.4) is 0 Å². The topological polar surface area (TPSA) is 55.9 Å². The molecule has 164 valence electrons. The molecule has 1 unspecified atom stereocenters. The second kappa shape index (κ2) is 10.2. The molecular weight excluding hydrogens is 412 g/mol. The standard InChI is InChI=1S/C24H29ClN4O2/c25-21-8-4-6-19(16-21)17-27-12-14-28(15-13-27)23(30)20-7-5-11-29(18-20)24(31)26-22-9-2-1-3-10-22/h1-4,6,8-10,16,20H,5,7,11-15,17-18H2,(H,26,31). The first kappa shape index (κ1) is 21.7. The lowest BCUT2D eigenvalue weighted by Crippen LogP contribution is -2.53. The highest BCUT2D eigenvalue weighted by atomic mass is 35.5. The van der Waals surface area contributed by atoms with E-state index in [-0.39, 0.29) is 17.9 Å². The van der Waals surface area contributed by atoms with Crippen molar-refractivity contribution >= 4 is 29.2 Å². The fraction of sp³-hybridized carbons (Fsp3) is 0.417. The van der Waals surface area contributed by atoms with Crippen molar-refractivity contribution in [3.63, 3.8) is 0 Å². The quantitative estimate of drug-likeness (QED) is 0.783. The summed E-state index contributed by atoms with van der Waals surface area (Å²) in [5.74, 6) is 0.0642. The van der Waals surface area contributed by atoms with E-state index in [2.05, 4.69) is 16.3 Å². The van der Waals surface area contributed by atoms with Gasteiger partial charge in [0.15, 0.2) is 0 Å². The van der Waals surface area contributed by atoms with Gasteiger partial charge in [0.25, 0.3) is 0 Å². The summed E-state index contributed by atoms with van der Waals surface area (Å²) in [7, 11) is 0. The number of anilines is 1.